The molecular weight excluding hydrogens is 276 g/mol. The molecule has 108 valence electrons. The zero-order chi connectivity index (χ0) is 14.4. The highest BCUT2D eigenvalue weighted by Gasteiger charge is 2.19. The van der Waals surface area contributed by atoms with E-state index in [4.69, 9.17) is 16.7 Å². The first kappa shape index (κ1) is 14.9. The van der Waals surface area contributed by atoms with Gasteiger partial charge < -0.3 is 15.7 Å². The van der Waals surface area contributed by atoms with Gasteiger partial charge in [0.25, 0.3) is 0 Å². The molecule has 20 heavy (non-hydrogen) atoms. The maximum atomic E-state index is 11.7. The minimum absolute atomic E-state index is 0.0123. The third kappa shape index (κ3) is 4.54. The van der Waals surface area contributed by atoms with Crippen LogP contribution in [0.15, 0.2) is 36.4 Å². The molecular formula is C15H19ClN2O2. The molecule has 0 bridgehead atoms. The molecule has 1 aliphatic rings. The highest BCUT2D eigenvalue weighted by molar-refractivity contribution is 6.30. The first-order valence-electron chi connectivity index (χ1n) is 6.75. The van der Waals surface area contributed by atoms with E-state index in [-0.39, 0.29) is 24.6 Å². The Labute approximate surface area is 123 Å². The maximum absolute atomic E-state index is 11.7. The summed E-state index contributed by atoms with van der Waals surface area (Å²) in [6, 6.07) is 7.44. The van der Waals surface area contributed by atoms with Crippen molar-refractivity contribution in [2.24, 2.45) is 5.92 Å². The van der Waals surface area contributed by atoms with Gasteiger partial charge in [-0.1, -0.05) is 35.9 Å². The van der Waals surface area contributed by atoms with Gasteiger partial charge in [0.15, 0.2) is 0 Å². The van der Waals surface area contributed by atoms with E-state index in [1.54, 1.807) is 0 Å². The molecule has 0 spiro atoms. The highest BCUT2D eigenvalue weighted by Crippen LogP contribution is 2.16. The third-order valence-corrected chi connectivity index (χ3v) is 3.55. The Morgan fingerprint density at radius 1 is 1.40 bits per heavy atom. The number of aliphatic hydroxyl groups is 1. The second kappa shape index (κ2) is 7.31. The largest absolute Gasteiger partial charge is 0.396 e. The van der Waals surface area contributed by atoms with Gasteiger partial charge in [-0.2, -0.15) is 0 Å². The fourth-order valence-corrected chi connectivity index (χ4v) is 2.46. The molecule has 1 aromatic rings. The predicted molar refractivity (Wildman–Crippen MR) is 79.8 cm³/mol. The first-order valence-corrected chi connectivity index (χ1v) is 7.13. The molecule has 1 aliphatic carbocycles. The lowest BCUT2D eigenvalue weighted by Crippen LogP contribution is -2.41. The van der Waals surface area contributed by atoms with E-state index < -0.39 is 0 Å². The van der Waals surface area contributed by atoms with Gasteiger partial charge in [0.05, 0.1) is 0 Å². The van der Waals surface area contributed by atoms with Crippen LogP contribution in [0.2, 0.25) is 5.02 Å². The Morgan fingerprint density at radius 2 is 2.25 bits per heavy atom. The van der Waals surface area contributed by atoms with Crippen LogP contribution in [0.5, 0.6) is 0 Å². The van der Waals surface area contributed by atoms with Crippen LogP contribution in [0.4, 0.5) is 4.79 Å². The molecule has 4 nitrogen and oxygen atoms in total. The highest BCUT2D eigenvalue weighted by atomic mass is 35.5. The summed E-state index contributed by atoms with van der Waals surface area (Å²) in [6.07, 6.45) is 5.38. The van der Waals surface area contributed by atoms with E-state index >= 15 is 0 Å². The summed E-state index contributed by atoms with van der Waals surface area (Å²) in [7, 11) is 0. The van der Waals surface area contributed by atoms with Crippen LogP contribution >= 0.6 is 11.6 Å². The van der Waals surface area contributed by atoms with Crippen LogP contribution in [0.25, 0.3) is 0 Å². The normalized spacial score (nSPS) is 20.9. The summed E-state index contributed by atoms with van der Waals surface area (Å²) in [5.74, 6) is 0.159. The average molecular weight is 295 g/mol. The quantitative estimate of drug-likeness (QED) is 0.729. The summed E-state index contributed by atoms with van der Waals surface area (Å²) in [6.45, 7) is 0.692. The molecule has 0 radical (unpaired) electrons. The van der Waals surface area contributed by atoms with Crippen molar-refractivity contribution >= 4 is 17.6 Å². The van der Waals surface area contributed by atoms with Crippen molar-refractivity contribution < 1.29 is 9.90 Å². The van der Waals surface area contributed by atoms with Gasteiger partial charge in [0, 0.05) is 30.1 Å². The van der Waals surface area contributed by atoms with Crippen LogP contribution < -0.4 is 10.6 Å². The van der Waals surface area contributed by atoms with Crippen LogP contribution in [-0.2, 0) is 6.42 Å². The number of amides is 2. The molecule has 5 heteroatoms. The van der Waals surface area contributed by atoms with Crippen molar-refractivity contribution in [2.45, 2.75) is 18.9 Å². The second-order valence-electron chi connectivity index (χ2n) is 4.95. The van der Waals surface area contributed by atoms with E-state index in [9.17, 15) is 4.79 Å². The number of carbonyl (C=O) groups excluding carboxylic acids is 1. The Bertz CT molecular complexity index is 491. The summed E-state index contributed by atoms with van der Waals surface area (Å²) in [4.78, 5) is 11.7. The van der Waals surface area contributed by atoms with Gasteiger partial charge in [0.2, 0.25) is 0 Å². The number of hydrogen-bond acceptors (Lipinski definition) is 2. The predicted octanol–water partition coefficient (Wildman–Crippen LogP) is 2.12. The molecule has 0 fully saturated rings. The van der Waals surface area contributed by atoms with Gasteiger partial charge in [0.1, 0.15) is 0 Å². The standard InChI is InChI=1S/C15H19ClN2O2/c16-13-3-1-2-11(8-13)6-7-17-15(20)18-14-5-4-12(9-14)10-19/h1-5,8,12,14,19H,6-7,9-10H2,(H2,17,18,20)/t12-,14+/m0/s1. The molecule has 1 aromatic carbocycles. The topological polar surface area (TPSA) is 61.4 Å². The van der Waals surface area contributed by atoms with Gasteiger partial charge in [-0.3, -0.25) is 0 Å². The monoisotopic (exact) mass is 294 g/mol. The number of benzene rings is 1. The Morgan fingerprint density at radius 3 is 2.95 bits per heavy atom. The molecule has 0 unspecified atom stereocenters. The lowest BCUT2D eigenvalue weighted by molar-refractivity contribution is 0.231. The van der Waals surface area contributed by atoms with Gasteiger partial charge in [-0.25, -0.2) is 4.79 Å². The van der Waals surface area contributed by atoms with Crippen molar-refractivity contribution in [3.8, 4) is 0 Å². The van der Waals surface area contributed by atoms with Crippen LogP contribution in [0.3, 0.4) is 0 Å². The number of nitrogens with one attached hydrogen (secondary N) is 2. The molecule has 0 saturated carbocycles. The fraction of sp³-hybridized carbons (Fsp3) is 0.400. The molecule has 0 aromatic heterocycles. The zero-order valence-corrected chi connectivity index (χ0v) is 11.9. The summed E-state index contributed by atoms with van der Waals surface area (Å²) in [5.41, 5.74) is 1.10. The summed E-state index contributed by atoms with van der Waals surface area (Å²) >= 11 is 5.90. The number of carbonyl (C=O) groups is 1. The Kier molecular flexibility index (Phi) is 5.44. The maximum Gasteiger partial charge on any atom is 0.315 e. The fourth-order valence-electron chi connectivity index (χ4n) is 2.25. The van der Waals surface area contributed by atoms with Crippen molar-refractivity contribution in [1.82, 2.24) is 10.6 Å². The lowest BCUT2D eigenvalue weighted by atomic mass is 10.1. The van der Waals surface area contributed by atoms with E-state index in [1.165, 1.54) is 0 Å². The number of hydrogen-bond donors (Lipinski definition) is 3. The average Bonchev–Trinajstić information content (AvgIpc) is 2.86. The molecule has 3 N–H and O–H groups in total. The van der Waals surface area contributed by atoms with Crippen LogP contribution in [0.1, 0.15) is 12.0 Å². The van der Waals surface area contributed by atoms with Gasteiger partial charge in [-0.05, 0) is 30.5 Å². The molecule has 0 aliphatic heterocycles. The van der Waals surface area contributed by atoms with Crippen molar-refractivity contribution in [3.63, 3.8) is 0 Å². The van der Waals surface area contributed by atoms with E-state index in [1.807, 2.05) is 36.4 Å². The molecule has 2 rings (SSSR count). The van der Waals surface area contributed by atoms with Crippen molar-refractivity contribution in [2.75, 3.05) is 13.2 Å². The molecule has 0 saturated heterocycles. The number of urea groups is 1. The van der Waals surface area contributed by atoms with Crippen molar-refractivity contribution in [1.29, 1.82) is 0 Å². The van der Waals surface area contributed by atoms with Crippen LogP contribution in [-0.4, -0.2) is 30.3 Å². The SMILES string of the molecule is O=C(NCCc1cccc(Cl)c1)N[C@@H]1C=C[C@H](CO)C1. The smallest absolute Gasteiger partial charge is 0.315 e. The summed E-state index contributed by atoms with van der Waals surface area (Å²) in [5, 5.41) is 15.4. The zero-order valence-electron chi connectivity index (χ0n) is 11.2. The minimum Gasteiger partial charge on any atom is -0.396 e. The lowest BCUT2D eigenvalue weighted by Gasteiger charge is -2.13. The molecule has 0 heterocycles. The third-order valence-electron chi connectivity index (χ3n) is 3.31. The van der Waals surface area contributed by atoms with Gasteiger partial charge in [-0.15, -0.1) is 0 Å². The van der Waals surface area contributed by atoms with Crippen molar-refractivity contribution in [3.05, 3.63) is 47.0 Å². The number of halogens is 1. The Hall–Kier alpha value is -1.52. The number of aliphatic hydroxyl groups excluding tert-OH is 1. The Balaban J connectivity index is 1.67. The van der Waals surface area contributed by atoms with E-state index in [0.717, 1.165) is 18.4 Å². The van der Waals surface area contributed by atoms with E-state index in [0.29, 0.717) is 11.6 Å². The molecule has 2 atom stereocenters. The van der Waals surface area contributed by atoms with E-state index in [2.05, 4.69) is 10.6 Å². The second-order valence-corrected chi connectivity index (χ2v) is 5.39. The molecule has 2 amide bonds. The van der Waals surface area contributed by atoms with Gasteiger partial charge >= 0.3 is 6.03 Å². The number of rotatable bonds is 5. The first-order chi connectivity index (χ1) is 9.67. The summed E-state index contributed by atoms with van der Waals surface area (Å²) < 4.78 is 0. The minimum atomic E-state index is -0.180. The van der Waals surface area contributed by atoms with Crippen LogP contribution in [0, 0.1) is 5.92 Å².